The number of anilines is 1. The second-order valence-electron chi connectivity index (χ2n) is 9.60. The van der Waals surface area contributed by atoms with Crippen molar-refractivity contribution in [1.82, 2.24) is 5.32 Å². The Morgan fingerprint density at radius 3 is 2.69 bits per heavy atom. The van der Waals surface area contributed by atoms with E-state index in [-0.39, 0.29) is 55.1 Å². The number of benzene rings is 2. The van der Waals surface area contributed by atoms with Gasteiger partial charge in [0.25, 0.3) is 0 Å². The van der Waals surface area contributed by atoms with Gasteiger partial charge < -0.3 is 30.0 Å². The Morgan fingerprint density at radius 1 is 1.11 bits per heavy atom. The Morgan fingerprint density at radius 2 is 1.92 bits per heavy atom. The van der Waals surface area contributed by atoms with Crippen LogP contribution in [-0.2, 0) is 25.6 Å². The number of aliphatic hydroxyl groups is 1. The van der Waals surface area contributed by atoms with Gasteiger partial charge in [0.05, 0.1) is 19.1 Å². The van der Waals surface area contributed by atoms with Gasteiger partial charge in [-0.2, -0.15) is 0 Å². The molecule has 0 bridgehead atoms. The summed E-state index contributed by atoms with van der Waals surface area (Å²) >= 11 is 0. The molecule has 0 radical (unpaired) electrons. The summed E-state index contributed by atoms with van der Waals surface area (Å²) in [6.07, 6.45) is 0.646. The molecule has 3 aliphatic heterocycles. The van der Waals surface area contributed by atoms with Crippen LogP contribution in [0.4, 0.5) is 10.1 Å². The molecule has 3 aliphatic rings. The van der Waals surface area contributed by atoms with E-state index in [1.54, 1.807) is 18.2 Å². The third-order valence-electron chi connectivity index (χ3n) is 7.21. The van der Waals surface area contributed by atoms with Crippen LogP contribution in [0.3, 0.4) is 0 Å². The summed E-state index contributed by atoms with van der Waals surface area (Å²) in [4.78, 5) is 25.3. The highest BCUT2D eigenvalue weighted by molar-refractivity contribution is 5.92. The maximum Gasteiger partial charge on any atom is 0.227 e. The van der Waals surface area contributed by atoms with Crippen molar-refractivity contribution < 1.29 is 33.3 Å². The number of rotatable bonds is 7. The zero-order chi connectivity index (χ0) is 25.1. The fraction of sp³-hybridized carbons (Fsp3) is 0.481. The van der Waals surface area contributed by atoms with Gasteiger partial charge in [-0.05, 0) is 43.5 Å². The van der Waals surface area contributed by atoms with E-state index in [1.165, 1.54) is 6.07 Å². The number of hydrogen-bond acceptors (Lipinski definition) is 6. The van der Waals surface area contributed by atoms with Crippen LogP contribution in [-0.4, -0.2) is 55.1 Å². The molecule has 4 atom stereocenters. The number of fused-ring (bicyclic) bond motifs is 3. The molecule has 2 saturated heterocycles. The number of halogens is 1. The third-order valence-corrected chi connectivity index (χ3v) is 7.21. The maximum absolute atomic E-state index is 13.9. The summed E-state index contributed by atoms with van der Waals surface area (Å²) in [6, 6.07) is 11.9. The largest absolute Gasteiger partial charge is 0.487 e. The Kier molecular flexibility index (Phi) is 7.50. The average Bonchev–Trinajstić information content (AvgIpc) is 3.26. The van der Waals surface area contributed by atoms with Gasteiger partial charge >= 0.3 is 0 Å². The summed E-state index contributed by atoms with van der Waals surface area (Å²) < 4.78 is 31.3. The van der Waals surface area contributed by atoms with E-state index >= 15 is 0 Å². The van der Waals surface area contributed by atoms with E-state index in [4.69, 9.17) is 14.2 Å². The van der Waals surface area contributed by atoms with Crippen LogP contribution in [0.2, 0.25) is 0 Å². The molecule has 192 valence electrons. The van der Waals surface area contributed by atoms with E-state index < -0.39 is 12.2 Å². The molecule has 3 heterocycles. The molecule has 0 spiro atoms. The van der Waals surface area contributed by atoms with Crippen LogP contribution in [0.5, 0.6) is 5.75 Å². The molecule has 0 unspecified atom stereocenters. The summed E-state index contributed by atoms with van der Waals surface area (Å²) in [5, 5.41) is 15.7. The lowest BCUT2D eigenvalue weighted by Gasteiger charge is -2.37. The Labute approximate surface area is 209 Å². The van der Waals surface area contributed by atoms with Crippen molar-refractivity contribution in [2.75, 3.05) is 25.1 Å². The number of carbonyl (C=O) groups excluding carboxylic acids is 2. The van der Waals surface area contributed by atoms with Crippen molar-refractivity contribution in [2.24, 2.45) is 5.92 Å². The first-order valence-corrected chi connectivity index (χ1v) is 12.5. The van der Waals surface area contributed by atoms with Crippen molar-refractivity contribution in [3.05, 3.63) is 59.4 Å². The normalized spacial score (nSPS) is 25.4. The van der Waals surface area contributed by atoms with Crippen LogP contribution in [0.25, 0.3) is 0 Å². The van der Waals surface area contributed by atoms with Gasteiger partial charge in [-0.15, -0.1) is 0 Å². The first-order chi connectivity index (χ1) is 17.5. The van der Waals surface area contributed by atoms with Crippen molar-refractivity contribution in [3.63, 3.8) is 0 Å². The van der Waals surface area contributed by atoms with E-state index in [9.17, 15) is 19.1 Å². The fourth-order valence-electron chi connectivity index (χ4n) is 5.29. The predicted molar refractivity (Wildman–Crippen MR) is 129 cm³/mol. The summed E-state index contributed by atoms with van der Waals surface area (Å²) in [7, 11) is 0. The van der Waals surface area contributed by atoms with Crippen molar-refractivity contribution in [2.45, 2.75) is 56.5 Å². The van der Waals surface area contributed by atoms with Crippen LogP contribution in [0.1, 0.15) is 42.7 Å². The van der Waals surface area contributed by atoms with Crippen LogP contribution >= 0.6 is 0 Å². The van der Waals surface area contributed by atoms with E-state index in [0.29, 0.717) is 49.5 Å². The molecule has 36 heavy (non-hydrogen) atoms. The SMILES string of the molecule is O=C(C[C@H]1C[C@@H]2c3cc(NC(=O)C4CCOCC4)ccc3O[C@@H]2[C@@H](CO)O1)NCc1ccccc1F. The molecule has 3 N–H and O–H groups in total. The minimum absolute atomic E-state index is 0.0154. The molecule has 0 aliphatic carbocycles. The first kappa shape index (κ1) is 24.7. The number of hydrogen-bond donors (Lipinski definition) is 3. The highest BCUT2D eigenvalue weighted by Crippen LogP contribution is 2.47. The molecule has 0 aromatic heterocycles. The second kappa shape index (κ2) is 10.9. The molecule has 5 rings (SSSR count). The highest BCUT2D eigenvalue weighted by Gasteiger charge is 2.46. The number of carbonyl (C=O) groups is 2. The lowest BCUT2D eigenvalue weighted by Crippen LogP contribution is -2.47. The van der Waals surface area contributed by atoms with Gasteiger partial charge in [0, 0.05) is 48.4 Å². The lowest BCUT2D eigenvalue weighted by molar-refractivity contribution is -0.142. The summed E-state index contributed by atoms with van der Waals surface area (Å²) in [5.74, 6) is -0.0938. The molecule has 0 saturated carbocycles. The molecule has 9 heteroatoms. The van der Waals surface area contributed by atoms with Crippen molar-refractivity contribution in [3.8, 4) is 5.75 Å². The Bertz CT molecular complexity index is 1110. The molecular formula is C27H31FN2O6. The van der Waals surface area contributed by atoms with E-state index in [2.05, 4.69) is 10.6 Å². The van der Waals surface area contributed by atoms with Crippen LogP contribution < -0.4 is 15.4 Å². The number of amides is 2. The molecule has 2 fully saturated rings. The average molecular weight is 499 g/mol. The van der Waals surface area contributed by atoms with Crippen molar-refractivity contribution in [1.29, 1.82) is 0 Å². The zero-order valence-electron chi connectivity index (χ0n) is 20.0. The van der Waals surface area contributed by atoms with Crippen LogP contribution in [0.15, 0.2) is 42.5 Å². The zero-order valence-corrected chi connectivity index (χ0v) is 20.0. The van der Waals surface area contributed by atoms with E-state index in [1.807, 2.05) is 18.2 Å². The van der Waals surface area contributed by atoms with Gasteiger partial charge in [0.2, 0.25) is 11.8 Å². The first-order valence-electron chi connectivity index (χ1n) is 12.5. The minimum Gasteiger partial charge on any atom is -0.487 e. The lowest BCUT2D eigenvalue weighted by atomic mass is 9.84. The second-order valence-corrected chi connectivity index (χ2v) is 9.60. The summed E-state index contributed by atoms with van der Waals surface area (Å²) in [5.41, 5.74) is 2.04. The number of aliphatic hydroxyl groups excluding tert-OH is 1. The third kappa shape index (κ3) is 5.38. The Hall–Kier alpha value is -3.01. The molecule has 2 amide bonds. The Balaban J connectivity index is 1.24. The van der Waals surface area contributed by atoms with Gasteiger partial charge in [-0.1, -0.05) is 18.2 Å². The smallest absolute Gasteiger partial charge is 0.227 e. The fourth-order valence-corrected chi connectivity index (χ4v) is 5.29. The molecule has 2 aromatic rings. The van der Waals surface area contributed by atoms with Gasteiger partial charge in [-0.3, -0.25) is 9.59 Å². The topological polar surface area (TPSA) is 106 Å². The van der Waals surface area contributed by atoms with Gasteiger partial charge in [0.15, 0.2) is 0 Å². The molecule has 8 nitrogen and oxygen atoms in total. The quantitative estimate of drug-likeness (QED) is 0.542. The van der Waals surface area contributed by atoms with Gasteiger partial charge in [0.1, 0.15) is 23.8 Å². The van der Waals surface area contributed by atoms with Crippen molar-refractivity contribution >= 4 is 17.5 Å². The van der Waals surface area contributed by atoms with E-state index in [0.717, 1.165) is 5.56 Å². The summed E-state index contributed by atoms with van der Waals surface area (Å²) in [6.45, 7) is 1.04. The highest BCUT2D eigenvalue weighted by atomic mass is 19.1. The standard InChI is InChI=1S/C27H31FN2O6/c28-22-4-2-1-3-17(22)14-29-25(32)13-19-12-21-20-11-18(30-27(33)16-7-9-34-10-8-16)5-6-23(20)36-26(21)24(15-31)35-19/h1-6,11,16,19,21,24,26,31H,7-10,12-15H2,(H,29,32)(H,30,33)/t19-,21-,24-,26+/m1/s1. The number of nitrogens with one attached hydrogen (secondary N) is 2. The molecular weight excluding hydrogens is 467 g/mol. The van der Waals surface area contributed by atoms with Crippen LogP contribution in [0, 0.1) is 11.7 Å². The van der Waals surface area contributed by atoms with Gasteiger partial charge in [-0.25, -0.2) is 4.39 Å². The molecule has 2 aromatic carbocycles. The monoisotopic (exact) mass is 498 g/mol. The predicted octanol–water partition coefficient (Wildman–Crippen LogP) is 2.89. The minimum atomic E-state index is -0.583. The number of ether oxygens (including phenoxy) is 3. The maximum atomic E-state index is 13.9.